The molecule has 0 aromatic rings. The van der Waals surface area contributed by atoms with E-state index in [0.29, 0.717) is 23.0 Å². The summed E-state index contributed by atoms with van der Waals surface area (Å²) < 4.78 is 0. The predicted octanol–water partition coefficient (Wildman–Crippen LogP) is 4.66. The van der Waals surface area contributed by atoms with Gasteiger partial charge in [0, 0.05) is 5.92 Å². The van der Waals surface area contributed by atoms with Crippen LogP contribution in [0.1, 0.15) is 71.1 Å². The first kappa shape index (κ1) is 12.4. The second-order valence-electron chi connectivity index (χ2n) is 6.60. The molecule has 0 aliphatic heterocycles. The second kappa shape index (κ2) is 4.83. The molecular weight excluding hydrogens is 220 g/mol. The molecule has 100 valence electrons. The van der Waals surface area contributed by atoms with Gasteiger partial charge in [0.2, 0.25) is 0 Å². The Bertz CT molecular complexity index is 368. The Morgan fingerprint density at radius 2 is 1.89 bits per heavy atom. The number of rotatable bonds is 1. The third kappa shape index (κ3) is 1.70. The Hall–Kier alpha value is -0.590. The number of hydrogen-bond acceptors (Lipinski definition) is 1. The average Bonchev–Trinajstić information content (AvgIpc) is 2.59. The van der Waals surface area contributed by atoms with Gasteiger partial charge in [-0.15, -0.1) is 0 Å². The molecule has 3 rings (SSSR count). The van der Waals surface area contributed by atoms with Crippen molar-refractivity contribution >= 4 is 5.78 Å². The van der Waals surface area contributed by atoms with E-state index in [4.69, 9.17) is 0 Å². The molecule has 18 heavy (non-hydrogen) atoms. The summed E-state index contributed by atoms with van der Waals surface area (Å²) >= 11 is 0. The maximum Gasteiger partial charge on any atom is 0.162 e. The van der Waals surface area contributed by atoms with Crippen LogP contribution in [0.5, 0.6) is 0 Å². The molecule has 0 heterocycles. The lowest BCUT2D eigenvalue weighted by atomic mass is 9.61. The standard InChI is InChI=1S/C17H26O/c1-2-17-12-8-7-11-15(17)16(18)13-9-5-3-4-6-10-14(13)17/h9,14-15H,2-8,10-12H2,1H3/b13-9+/t14?,15-,17+/m1/s1. The third-order valence-corrected chi connectivity index (χ3v) is 5.97. The molecule has 0 bridgehead atoms. The molecule has 1 heteroatoms. The van der Waals surface area contributed by atoms with Gasteiger partial charge in [-0.05, 0) is 55.4 Å². The van der Waals surface area contributed by atoms with Crippen molar-refractivity contribution in [1.29, 1.82) is 0 Å². The molecule has 0 saturated heterocycles. The fourth-order valence-corrected chi connectivity index (χ4v) is 5.04. The average molecular weight is 246 g/mol. The van der Waals surface area contributed by atoms with Gasteiger partial charge in [-0.1, -0.05) is 38.7 Å². The maximum absolute atomic E-state index is 12.7. The lowest BCUT2D eigenvalue weighted by Gasteiger charge is -2.42. The summed E-state index contributed by atoms with van der Waals surface area (Å²) in [6.45, 7) is 2.33. The van der Waals surface area contributed by atoms with Gasteiger partial charge in [0.1, 0.15) is 0 Å². The van der Waals surface area contributed by atoms with E-state index in [9.17, 15) is 4.79 Å². The van der Waals surface area contributed by atoms with Crippen LogP contribution in [0.25, 0.3) is 0 Å². The van der Waals surface area contributed by atoms with E-state index in [2.05, 4.69) is 13.0 Å². The van der Waals surface area contributed by atoms with Crippen LogP contribution in [0.3, 0.4) is 0 Å². The Labute approximate surface area is 111 Å². The van der Waals surface area contributed by atoms with Crippen molar-refractivity contribution in [2.24, 2.45) is 17.3 Å². The zero-order valence-corrected chi connectivity index (χ0v) is 11.7. The lowest BCUT2D eigenvalue weighted by Crippen LogP contribution is -2.36. The van der Waals surface area contributed by atoms with Crippen LogP contribution in [-0.2, 0) is 4.79 Å². The number of carbonyl (C=O) groups excluding carboxylic acids is 1. The van der Waals surface area contributed by atoms with Crippen LogP contribution < -0.4 is 0 Å². The third-order valence-electron chi connectivity index (χ3n) is 5.97. The number of hydrogen-bond donors (Lipinski definition) is 0. The van der Waals surface area contributed by atoms with E-state index in [1.807, 2.05) is 0 Å². The molecule has 3 aliphatic rings. The number of fused-ring (bicyclic) bond motifs is 3. The van der Waals surface area contributed by atoms with Crippen molar-refractivity contribution in [2.45, 2.75) is 71.1 Å². The van der Waals surface area contributed by atoms with Crippen LogP contribution in [0.2, 0.25) is 0 Å². The number of Topliss-reactive ketones (excluding diaryl/α,β-unsaturated/α-hetero) is 1. The minimum absolute atomic E-state index is 0.360. The van der Waals surface area contributed by atoms with Gasteiger partial charge in [-0.25, -0.2) is 0 Å². The van der Waals surface area contributed by atoms with Crippen molar-refractivity contribution in [1.82, 2.24) is 0 Å². The zero-order valence-electron chi connectivity index (χ0n) is 11.7. The second-order valence-corrected chi connectivity index (χ2v) is 6.60. The van der Waals surface area contributed by atoms with Crippen LogP contribution in [0.4, 0.5) is 0 Å². The Morgan fingerprint density at radius 1 is 1.11 bits per heavy atom. The first-order valence-electron chi connectivity index (χ1n) is 8.04. The summed E-state index contributed by atoms with van der Waals surface area (Å²) in [5.74, 6) is 1.54. The highest BCUT2D eigenvalue weighted by Gasteiger charge is 2.56. The molecule has 1 nitrogen and oxygen atoms in total. The lowest BCUT2D eigenvalue weighted by molar-refractivity contribution is -0.121. The minimum Gasteiger partial charge on any atom is -0.294 e. The molecule has 0 aromatic heterocycles. The zero-order chi connectivity index (χ0) is 12.6. The maximum atomic E-state index is 12.7. The largest absolute Gasteiger partial charge is 0.294 e. The van der Waals surface area contributed by atoms with E-state index < -0.39 is 0 Å². The van der Waals surface area contributed by atoms with Gasteiger partial charge in [0.25, 0.3) is 0 Å². The highest BCUT2D eigenvalue weighted by atomic mass is 16.1. The molecule has 0 radical (unpaired) electrons. The number of ketones is 1. The Kier molecular flexibility index (Phi) is 3.34. The highest BCUT2D eigenvalue weighted by Crippen LogP contribution is 2.59. The SMILES string of the molecule is CC[C@@]12CCCC[C@@H]1C(=O)/C1=C/CCCCCC12. The number of carbonyl (C=O) groups is 1. The topological polar surface area (TPSA) is 17.1 Å². The van der Waals surface area contributed by atoms with Gasteiger partial charge in [0.05, 0.1) is 0 Å². The summed E-state index contributed by atoms with van der Waals surface area (Å²) in [6.07, 6.45) is 15.0. The van der Waals surface area contributed by atoms with Crippen molar-refractivity contribution in [3.05, 3.63) is 11.6 Å². The molecule has 0 N–H and O–H groups in total. The van der Waals surface area contributed by atoms with E-state index in [1.165, 1.54) is 63.4 Å². The first-order chi connectivity index (χ1) is 8.79. The fraction of sp³-hybridized carbons (Fsp3) is 0.824. The molecule has 3 atom stereocenters. The van der Waals surface area contributed by atoms with Crippen molar-refractivity contribution in [3.8, 4) is 0 Å². The van der Waals surface area contributed by atoms with Gasteiger partial charge < -0.3 is 0 Å². The Balaban J connectivity index is 2.01. The summed E-state index contributed by atoms with van der Waals surface area (Å²) in [7, 11) is 0. The molecule has 1 unspecified atom stereocenters. The van der Waals surface area contributed by atoms with Gasteiger partial charge >= 0.3 is 0 Å². The van der Waals surface area contributed by atoms with Crippen LogP contribution in [0.15, 0.2) is 11.6 Å². The summed E-state index contributed by atoms with van der Waals surface area (Å²) in [5.41, 5.74) is 1.61. The minimum atomic E-state index is 0.360. The normalized spacial score (nSPS) is 43.4. The summed E-state index contributed by atoms with van der Waals surface area (Å²) in [6, 6.07) is 0. The van der Waals surface area contributed by atoms with Gasteiger partial charge in [-0.3, -0.25) is 4.79 Å². The summed E-state index contributed by atoms with van der Waals surface area (Å²) in [4.78, 5) is 12.7. The van der Waals surface area contributed by atoms with Crippen molar-refractivity contribution < 1.29 is 4.79 Å². The van der Waals surface area contributed by atoms with Crippen molar-refractivity contribution in [3.63, 3.8) is 0 Å². The molecule has 3 aliphatic carbocycles. The van der Waals surface area contributed by atoms with Crippen LogP contribution >= 0.6 is 0 Å². The fourth-order valence-electron chi connectivity index (χ4n) is 5.04. The van der Waals surface area contributed by atoms with Crippen molar-refractivity contribution in [2.75, 3.05) is 0 Å². The van der Waals surface area contributed by atoms with E-state index in [0.717, 1.165) is 6.42 Å². The van der Waals surface area contributed by atoms with Gasteiger partial charge in [-0.2, -0.15) is 0 Å². The monoisotopic (exact) mass is 246 g/mol. The number of allylic oxidation sites excluding steroid dienone is 2. The van der Waals surface area contributed by atoms with Crippen LogP contribution in [-0.4, -0.2) is 5.78 Å². The molecule has 2 saturated carbocycles. The Morgan fingerprint density at radius 3 is 2.72 bits per heavy atom. The quantitative estimate of drug-likeness (QED) is 0.657. The molecular formula is C17H26O. The summed E-state index contributed by atoms with van der Waals surface area (Å²) in [5, 5.41) is 0. The molecule has 2 fully saturated rings. The van der Waals surface area contributed by atoms with Gasteiger partial charge in [0.15, 0.2) is 5.78 Å². The highest BCUT2D eigenvalue weighted by molar-refractivity contribution is 6.01. The first-order valence-corrected chi connectivity index (χ1v) is 8.04. The predicted molar refractivity (Wildman–Crippen MR) is 74.3 cm³/mol. The van der Waals surface area contributed by atoms with E-state index >= 15 is 0 Å². The smallest absolute Gasteiger partial charge is 0.162 e. The van der Waals surface area contributed by atoms with E-state index in [1.54, 1.807) is 0 Å². The molecule has 0 amide bonds. The van der Waals surface area contributed by atoms with E-state index in [-0.39, 0.29) is 0 Å². The van der Waals surface area contributed by atoms with Crippen LogP contribution in [0, 0.1) is 17.3 Å². The molecule has 0 aromatic carbocycles. The molecule has 0 spiro atoms.